The summed E-state index contributed by atoms with van der Waals surface area (Å²) in [6.45, 7) is 1.47. The van der Waals surface area contributed by atoms with Crippen molar-refractivity contribution in [2.75, 3.05) is 0 Å². The molecular formula is C13H13F4NO2. The van der Waals surface area contributed by atoms with Crippen LogP contribution in [0.3, 0.4) is 0 Å². The number of ether oxygens (including phenoxy) is 1. The number of hydrogen-bond donors (Lipinski definition) is 1. The second-order valence-corrected chi connectivity index (χ2v) is 5.32. The molecule has 0 radical (unpaired) electrons. The second-order valence-electron chi connectivity index (χ2n) is 5.32. The van der Waals surface area contributed by atoms with Crippen LogP contribution in [0.2, 0.25) is 0 Å². The molecule has 1 aromatic rings. The maximum Gasteiger partial charge on any atom is 0.312 e. The fourth-order valence-electron chi connectivity index (χ4n) is 2.60. The lowest BCUT2D eigenvalue weighted by Crippen LogP contribution is -2.35. The number of nitrogens with zero attached hydrogens (tertiary/aromatic N) is 1. The Morgan fingerprint density at radius 3 is 2.55 bits per heavy atom. The van der Waals surface area contributed by atoms with Crippen molar-refractivity contribution in [3.05, 3.63) is 22.9 Å². The third-order valence-corrected chi connectivity index (χ3v) is 3.87. The van der Waals surface area contributed by atoms with Crippen LogP contribution in [0.1, 0.15) is 41.8 Å². The van der Waals surface area contributed by atoms with Crippen molar-refractivity contribution in [2.24, 2.45) is 0 Å². The molecule has 0 unspecified atom stereocenters. The third-order valence-electron chi connectivity index (χ3n) is 3.87. The normalized spacial score (nSPS) is 34.5. The molecule has 1 heterocycles. The minimum Gasteiger partial charge on any atom is -0.474 e. The van der Waals surface area contributed by atoms with Crippen LogP contribution in [-0.2, 0) is 0 Å². The Morgan fingerprint density at radius 2 is 1.95 bits per heavy atom. The monoisotopic (exact) mass is 291 g/mol. The lowest BCUT2D eigenvalue weighted by molar-refractivity contribution is -0.143. The summed E-state index contributed by atoms with van der Waals surface area (Å²) in [5, 5.41) is 9.60. The lowest BCUT2D eigenvalue weighted by Gasteiger charge is -2.30. The number of aliphatic hydroxyl groups is 1. The summed E-state index contributed by atoms with van der Waals surface area (Å²) in [4.78, 5) is 3.82. The van der Waals surface area contributed by atoms with Crippen LogP contribution in [0.5, 0.6) is 5.88 Å². The summed E-state index contributed by atoms with van der Waals surface area (Å²) in [7, 11) is 0. The first-order chi connectivity index (χ1) is 9.32. The number of rotatable bonds is 2. The molecule has 0 bridgehead atoms. The molecule has 0 spiro atoms. The predicted octanol–water partition coefficient (Wildman–Crippen LogP) is 2.96. The number of aromatic nitrogens is 1. The number of fused-ring (bicyclic) bond motifs is 1. The number of alkyl halides is 4. The molecule has 2 aliphatic rings. The van der Waals surface area contributed by atoms with Gasteiger partial charge in [-0.25, -0.2) is 13.8 Å². The van der Waals surface area contributed by atoms with E-state index in [0.29, 0.717) is 0 Å². The molecule has 1 saturated carbocycles. The molecule has 0 amide bonds. The molecule has 3 rings (SSSR count). The van der Waals surface area contributed by atoms with Crippen molar-refractivity contribution < 1.29 is 27.4 Å². The Labute approximate surface area is 112 Å². The average molecular weight is 291 g/mol. The van der Waals surface area contributed by atoms with Gasteiger partial charge in [-0.3, -0.25) is 0 Å². The molecular weight excluding hydrogens is 278 g/mol. The van der Waals surface area contributed by atoms with Crippen molar-refractivity contribution >= 4 is 0 Å². The topological polar surface area (TPSA) is 42.4 Å². The summed E-state index contributed by atoms with van der Waals surface area (Å²) in [6, 6.07) is 0. The zero-order valence-corrected chi connectivity index (χ0v) is 10.6. The first kappa shape index (κ1) is 13.6. The number of halogens is 4. The van der Waals surface area contributed by atoms with E-state index in [1.807, 2.05) is 0 Å². The van der Waals surface area contributed by atoms with Gasteiger partial charge in [0.15, 0.2) is 6.17 Å². The molecule has 0 aliphatic heterocycles. The molecule has 0 aromatic carbocycles. The van der Waals surface area contributed by atoms with Gasteiger partial charge in [0.05, 0.1) is 5.56 Å². The first-order valence-corrected chi connectivity index (χ1v) is 6.32. The van der Waals surface area contributed by atoms with Crippen LogP contribution in [0.4, 0.5) is 17.6 Å². The fourth-order valence-corrected chi connectivity index (χ4v) is 2.60. The van der Waals surface area contributed by atoms with Gasteiger partial charge >= 0.3 is 5.92 Å². The standard InChI is InChI=1S/C13H13F4NO2/c1-5-4-18-12(20-7-2-6(14)3-7)9-8(5)11(19)13(16,17)10(9)15/h4,6-7,10-11,19H,2-3H2,1H3/t6?,7?,10-,11+/m1/s1. The van der Waals surface area contributed by atoms with E-state index in [9.17, 15) is 22.7 Å². The van der Waals surface area contributed by atoms with Gasteiger partial charge in [-0.1, -0.05) is 0 Å². The van der Waals surface area contributed by atoms with Crippen LogP contribution in [0.25, 0.3) is 0 Å². The lowest BCUT2D eigenvalue weighted by atomic mass is 9.93. The molecule has 2 aliphatic carbocycles. The fraction of sp³-hybridized carbons (Fsp3) is 0.615. The number of aryl methyl sites for hydroxylation is 1. The summed E-state index contributed by atoms with van der Waals surface area (Å²) >= 11 is 0. The van der Waals surface area contributed by atoms with E-state index in [1.165, 1.54) is 13.1 Å². The Morgan fingerprint density at radius 1 is 1.30 bits per heavy atom. The van der Waals surface area contributed by atoms with Gasteiger partial charge in [-0.15, -0.1) is 0 Å². The smallest absolute Gasteiger partial charge is 0.312 e. The molecule has 1 aromatic heterocycles. The van der Waals surface area contributed by atoms with E-state index < -0.39 is 36.0 Å². The molecule has 2 atom stereocenters. The minimum absolute atomic E-state index is 0.139. The first-order valence-electron chi connectivity index (χ1n) is 6.32. The minimum atomic E-state index is -3.91. The van der Waals surface area contributed by atoms with E-state index in [-0.39, 0.29) is 29.8 Å². The van der Waals surface area contributed by atoms with Crippen LogP contribution in [0, 0.1) is 6.92 Å². The van der Waals surface area contributed by atoms with Crippen molar-refractivity contribution in [1.29, 1.82) is 0 Å². The van der Waals surface area contributed by atoms with Crippen LogP contribution in [0.15, 0.2) is 6.20 Å². The van der Waals surface area contributed by atoms with Crippen molar-refractivity contribution in [1.82, 2.24) is 4.98 Å². The van der Waals surface area contributed by atoms with Crippen molar-refractivity contribution in [3.63, 3.8) is 0 Å². The molecule has 1 N–H and O–H groups in total. The highest BCUT2D eigenvalue weighted by atomic mass is 19.3. The zero-order valence-electron chi connectivity index (χ0n) is 10.6. The van der Waals surface area contributed by atoms with Crippen LogP contribution in [-0.4, -0.2) is 28.3 Å². The van der Waals surface area contributed by atoms with E-state index >= 15 is 0 Å². The Bertz CT molecular complexity index is 545. The third kappa shape index (κ3) is 1.79. The van der Waals surface area contributed by atoms with Crippen LogP contribution < -0.4 is 4.74 Å². The van der Waals surface area contributed by atoms with Gasteiger partial charge in [0, 0.05) is 24.6 Å². The van der Waals surface area contributed by atoms with E-state index in [1.54, 1.807) is 0 Å². The Hall–Kier alpha value is -1.37. The summed E-state index contributed by atoms with van der Waals surface area (Å²) in [5.74, 6) is -4.18. The van der Waals surface area contributed by atoms with Gasteiger partial charge in [0.1, 0.15) is 18.4 Å². The SMILES string of the molecule is Cc1cnc(OC2CC(F)C2)c2c1[C@H](O)C(F)(F)[C@@H]2F. The molecule has 110 valence electrons. The molecule has 1 fully saturated rings. The van der Waals surface area contributed by atoms with Crippen LogP contribution >= 0.6 is 0 Å². The molecule has 0 saturated heterocycles. The highest BCUT2D eigenvalue weighted by Crippen LogP contribution is 2.55. The average Bonchev–Trinajstić information content (AvgIpc) is 2.53. The maximum atomic E-state index is 13.9. The highest BCUT2D eigenvalue weighted by molar-refractivity contribution is 5.48. The number of pyridine rings is 1. The second kappa shape index (κ2) is 4.31. The van der Waals surface area contributed by atoms with Gasteiger partial charge in [0.25, 0.3) is 0 Å². The van der Waals surface area contributed by atoms with E-state index in [2.05, 4.69) is 4.98 Å². The van der Waals surface area contributed by atoms with Gasteiger partial charge in [-0.05, 0) is 12.5 Å². The maximum absolute atomic E-state index is 13.9. The molecule has 3 nitrogen and oxygen atoms in total. The number of aliphatic hydroxyl groups excluding tert-OH is 1. The van der Waals surface area contributed by atoms with Crippen molar-refractivity contribution in [3.8, 4) is 5.88 Å². The highest BCUT2D eigenvalue weighted by Gasteiger charge is 2.58. The predicted molar refractivity (Wildman–Crippen MR) is 61.3 cm³/mol. The summed E-state index contributed by atoms with van der Waals surface area (Å²) < 4.78 is 59.2. The van der Waals surface area contributed by atoms with E-state index in [0.717, 1.165) is 0 Å². The van der Waals surface area contributed by atoms with Gasteiger partial charge in [0.2, 0.25) is 5.88 Å². The zero-order chi connectivity index (χ0) is 14.7. The number of hydrogen-bond acceptors (Lipinski definition) is 3. The Balaban J connectivity index is 1.99. The Kier molecular flexibility index (Phi) is 2.93. The largest absolute Gasteiger partial charge is 0.474 e. The van der Waals surface area contributed by atoms with Gasteiger partial charge in [-0.2, -0.15) is 8.78 Å². The van der Waals surface area contributed by atoms with Crippen molar-refractivity contribution in [2.45, 2.75) is 50.2 Å². The quantitative estimate of drug-likeness (QED) is 0.852. The van der Waals surface area contributed by atoms with E-state index in [4.69, 9.17) is 4.74 Å². The molecule has 7 heteroatoms. The summed E-state index contributed by atoms with van der Waals surface area (Å²) in [5.41, 5.74) is -0.315. The molecule has 20 heavy (non-hydrogen) atoms. The van der Waals surface area contributed by atoms with Gasteiger partial charge < -0.3 is 9.84 Å². The summed E-state index contributed by atoms with van der Waals surface area (Å²) in [6.07, 6.45) is -4.82.